The first kappa shape index (κ1) is 55.2. The molecule has 0 aliphatic carbocycles. The quantitative estimate of drug-likeness (QED) is 0.111. The van der Waals surface area contributed by atoms with Gasteiger partial charge in [0.25, 0.3) is 0 Å². The first-order valence-electron chi connectivity index (χ1n) is 17.9. The van der Waals surface area contributed by atoms with Crippen molar-refractivity contribution in [1.29, 1.82) is 0 Å². The molecule has 2 fully saturated rings. The number of ether oxygens (including phenoxy) is 2. The molecule has 65 heavy (non-hydrogen) atoms. The van der Waals surface area contributed by atoms with Gasteiger partial charge in [-0.2, -0.15) is 52.7 Å². The summed E-state index contributed by atoms with van der Waals surface area (Å²) in [6.45, 7) is 1.82. The number of anilines is 1. The Morgan fingerprint density at radius 1 is 0.662 bits per heavy atom. The fourth-order valence-electron chi connectivity index (χ4n) is 6.40. The van der Waals surface area contributed by atoms with Crippen molar-refractivity contribution in [3.63, 3.8) is 0 Å². The molecule has 0 amide bonds. The van der Waals surface area contributed by atoms with Crippen molar-refractivity contribution in [3.05, 3.63) is 91.1 Å². The summed E-state index contributed by atoms with van der Waals surface area (Å²) >= 11 is 41.1. The highest BCUT2D eigenvalue weighted by atomic mass is 35.5. The van der Waals surface area contributed by atoms with Crippen molar-refractivity contribution in [2.45, 2.75) is 62.2 Å². The molecule has 0 radical (unpaired) electrons. The Hall–Kier alpha value is -2.41. The minimum absolute atomic E-state index is 0.00828. The second-order valence-electron chi connectivity index (χ2n) is 13.5. The lowest BCUT2D eigenvalue weighted by molar-refractivity contribution is -0.185. The van der Waals surface area contributed by atoms with E-state index in [1.807, 2.05) is 0 Å². The Labute approximate surface area is 403 Å². The number of rotatable bonds is 7. The maximum absolute atomic E-state index is 14.2. The van der Waals surface area contributed by atoms with Gasteiger partial charge in [-0.15, -0.1) is 0 Å². The number of hydrogen-bond acceptors (Lipinski definition) is 10. The number of benzene rings is 2. The molecule has 4 heterocycles. The van der Waals surface area contributed by atoms with Crippen LogP contribution in [0, 0.1) is 0 Å². The molecule has 0 bridgehead atoms. The van der Waals surface area contributed by atoms with Gasteiger partial charge in [-0.25, -0.2) is 19.6 Å². The van der Waals surface area contributed by atoms with E-state index in [4.69, 9.17) is 81.2 Å². The Kier molecular flexibility index (Phi) is 17.9. The van der Waals surface area contributed by atoms with Crippen LogP contribution < -0.4 is 10.2 Å². The molecule has 29 heteroatoms. The first-order chi connectivity index (χ1) is 29.8. The van der Waals surface area contributed by atoms with Crippen LogP contribution in [0.2, 0.25) is 34.6 Å². The zero-order valence-corrected chi connectivity index (χ0v) is 39.4. The second-order valence-corrected chi connectivity index (χ2v) is 18.5. The summed E-state index contributed by atoms with van der Waals surface area (Å²) in [5.74, 6) is -2.31. The molecule has 360 valence electrons. The van der Waals surface area contributed by atoms with Gasteiger partial charge in [-0.05, 0) is 68.6 Å². The zero-order chi connectivity index (χ0) is 49.2. The minimum atomic E-state index is -4.99. The molecule has 0 saturated carbocycles. The third-order valence-corrected chi connectivity index (χ3v) is 14.2. The van der Waals surface area contributed by atoms with Crippen LogP contribution >= 0.6 is 104 Å². The summed E-state index contributed by atoms with van der Waals surface area (Å²) in [5, 5.41) is 2.02. The van der Waals surface area contributed by atoms with Crippen molar-refractivity contribution in [1.82, 2.24) is 15.3 Å². The van der Waals surface area contributed by atoms with Crippen molar-refractivity contribution < 1.29 is 71.7 Å². The van der Waals surface area contributed by atoms with E-state index in [2.05, 4.69) is 24.8 Å². The van der Waals surface area contributed by atoms with Gasteiger partial charge in [0.2, 0.25) is 0 Å². The molecule has 8 nitrogen and oxygen atoms in total. The van der Waals surface area contributed by atoms with Gasteiger partial charge in [0.1, 0.15) is 20.6 Å². The predicted octanol–water partition coefficient (Wildman–Crippen LogP) is 14.4. The summed E-state index contributed by atoms with van der Waals surface area (Å²) in [6.07, 6.45) is -19.4. The van der Waals surface area contributed by atoms with Crippen LogP contribution in [0.25, 0.3) is 0 Å². The normalized spacial score (nSPS) is 19.1. The Balaban J connectivity index is 0.000000236. The van der Waals surface area contributed by atoms with Crippen LogP contribution in [-0.4, -0.2) is 73.7 Å². The molecular formula is C36H27Cl7F12N4O4S2. The average Bonchev–Trinajstić information content (AvgIpc) is 4.01. The molecule has 2 aliphatic rings. The number of carbonyl (C=O) groups excluding carboxylic acids is 2. The summed E-state index contributed by atoms with van der Waals surface area (Å²) in [7, 11) is 0. The third-order valence-electron chi connectivity index (χ3n) is 9.53. The fourth-order valence-corrected chi connectivity index (χ4v) is 9.62. The van der Waals surface area contributed by atoms with Gasteiger partial charge >= 0.3 is 36.6 Å². The molecule has 2 aromatic carbocycles. The van der Waals surface area contributed by atoms with Crippen LogP contribution in [0.5, 0.6) is 0 Å². The van der Waals surface area contributed by atoms with Crippen LogP contribution in [0.4, 0.5) is 57.8 Å². The molecular weight excluding hydrogens is 1090 g/mol. The average molecular weight is 1120 g/mol. The number of nitrogens with one attached hydrogen (secondary N) is 1. The number of hydrogen-bond donors (Lipinski definition) is 1. The maximum atomic E-state index is 14.2. The number of carbonyl (C=O) groups is 2. The topological polar surface area (TPSA) is 93.7 Å². The third kappa shape index (κ3) is 12.3. The van der Waals surface area contributed by atoms with Crippen LogP contribution in [0.3, 0.4) is 0 Å². The molecule has 4 aromatic rings. The van der Waals surface area contributed by atoms with Gasteiger partial charge in [0.15, 0.2) is 21.0 Å². The number of thiazole rings is 2. The summed E-state index contributed by atoms with van der Waals surface area (Å²) in [6, 6.07) is 4.58. The SMILES string of the molecule is CCOC(=O)c1sc(Cl)nc1C(F)(F)F.CCOC(=O)c1sc(N2CCC(c3cc(Cl)c(Cl)c(Cl)c3)(C(F)(F)F)C2)nc1C(F)(F)F.FC(F)(F)C1(c2cc(Cl)c(Cl)c(Cl)c2)CCNC1. The van der Waals surface area contributed by atoms with Gasteiger partial charge in [-0.3, -0.25) is 0 Å². The smallest absolute Gasteiger partial charge is 0.435 e. The van der Waals surface area contributed by atoms with Crippen molar-refractivity contribution in [2.75, 3.05) is 44.3 Å². The number of halogens is 19. The number of nitrogens with zero attached hydrogens (tertiary/aromatic N) is 3. The lowest BCUT2D eigenvalue weighted by atomic mass is 9.79. The molecule has 2 unspecified atom stereocenters. The van der Waals surface area contributed by atoms with Crippen molar-refractivity contribution >= 4 is 121 Å². The molecule has 2 atom stereocenters. The van der Waals surface area contributed by atoms with Gasteiger partial charge < -0.3 is 19.7 Å². The van der Waals surface area contributed by atoms with Crippen LogP contribution in [-0.2, 0) is 32.7 Å². The molecule has 2 aromatic heterocycles. The lowest BCUT2D eigenvalue weighted by Crippen LogP contribution is -2.44. The highest BCUT2D eigenvalue weighted by Gasteiger charge is 2.60. The molecule has 1 N–H and O–H groups in total. The van der Waals surface area contributed by atoms with Gasteiger partial charge in [0.05, 0.1) is 43.3 Å². The number of esters is 2. The van der Waals surface area contributed by atoms with E-state index in [9.17, 15) is 62.3 Å². The second kappa shape index (κ2) is 21.1. The monoisotopic (exact) mass is 1120 g/mol. The highest BCUT2D eigenvalue weighted by molar-refractivity contribution is 7.18. The number of aromatic nitrogens is 2. The predicted molar refractivity (Wildman–Crippen MR) is 224 cm³/mol. The van der Waals surface area contributed by atoms with E-state index in [1.54, 1.807) is 0 Å². The standard InChI is InChI=1S/C18H13Cl3F6N2O2S.C11H9Cl3F3N.C7H5ClF3NO2S/c1-2-31-14(30)12-13(17(22,23)24)28-15(32-12)29-4-3-16(7-29,18(25,26)27)8-5-9(19)11(21)10(20)6-8;12-7-3-6(4-8(13)9(7)14)10(11(15,16)17)1-2-18-5-10;1-2-14-5(13)3-4(7(9,10)11)12-6(8)15-3/h5-6H,2-4,7H2,1H3;3-4,18H,1-2,5H2;2H2,1H3. The Morgan fingerprint density at radius 3 is 1.46 bits per heavy atom. The summed E-state index contributed by atoms with van der Waals surface area (Å²) < 4.78 is 169. The van der Waals surface area contributed by atoms with E-state index < -0.39 is 81.6 Å². The van der Waals surface area contributed by atoms with E-state index in [0.29, 0.717) is 29.2 Å². The summed E-state index contributed by atoms with van der Waals surface area (Å²) in [5.41, 5.74) is -7.44. The van der Waals surface area contributed by atoms with Crippen molar-refractivity contribution in [2.24, 2.45) is 0 Å². The fraction of sp³-hybridized carbons (Fsp3) is 0.444. The largest absolute Gasteiger partial charge is 0.462 e. The highest BCUT2D eigenvalue weighted by Crippen LogP contribution is 2.52. The Bertz CT molecular complexity index is 2330. The van der Waals surface area contributed by atoms with E-state index >= 15 is 0 Å². The molecule has 6 rings (SSSR count). The van der Waals surface area contributed by atoms with E-state index in [0.717, 1.165) is 17.0 Å². The molecule has 0 spiro atoms. The molecule has 2 saturated heterocycles. The molecule has 2 aliphatic heterocycles. The van der Waals surface area contributed by atoms with E-state index in [1.165, 1.54) is 26.0 Å². The maximum Gasteiger partial charge on any atom is 0.435 e. The van der Waals surface area contributed by atoms with Gasteiger partial charge in [-0.1, -0.05) is 104 Å². The summed E-state index contributed by atoms with van der Waals surface area (Å²) in [4.78, 5) is 29.2. The van der Waals surface area contributed by atoms with E-state index in [-0.39, 0.29) is 83.6 Å². The van der Waals surface area contributed by atoms with Gasteiger partial charge in [0, 0.05) is 19.6 Å². The van der Waals surface area contributed by atoms with Crippen molar-refractivity contribution in [3.8, 4) is 0 Å². The number of alkyl halides is 12. The minimum Gasteiger partial charge on any atom is -0.462 e. The van der Waals surface area contributed by atoms with Crippen LogP contribution in [0.1, 0.15) is 68.5 Å². The first-order valence-corrected chi connectivity index (χ1v) is 22.2. The lowest BCUT2D eigenvalue weighted by Gasteiger charge is -2.32. The Morgan fingerprint density at radius 2 is 1.08 bits per heavy atom. The zero-order valence-electron chi connectivity index (χ0n) is 32.4. The van der Waals surface area contributed by atoms with Crippen LogP contribution in [0.15, 0.2) is 24.3 Å².